The molecule has 1 aliphatic rings. The number of rotatable bonds is 7. The molecule has 0 atom stereocenters. The van der Waals surface area contributed by atoms with E-state index in [0.29, 0.717) is 24.8 Å². The molecule has 3 rings (SSSR count). The molecule has 0 aliphatic carbocycles. The number of carboxylic acid groups (broad SMARTS) is 2. The Kier molecular flexibility index (Phi) is 9.62. The van der Waals surface area contributed by atoms with Crippen LogP contribution < -0.4 is 15.0 Å². The van der Waals surface area contributed by atoms with E-state index in [9.17, 15) is 4.79 Å². The average Bonchev–Trinajstić information content (AvgIpc) is 2.78. The molecule has 1 aliphatic heterocycles. The molecule has 172 valence electrons. The fourth-order valence-electron chi connectivity index (χ4n) is 3.22. The first-order chi connectivity index (χ1) is 15.3. The SMILES string of the molecule is CC(C)NCCCOc1cccc2c1N(C(=O)c1cccnc1)CCC2.O=C(O)C(=O)O. The van der Waals surface area contributed by atoms with Gasteiger partial charge in [-0.05, 0) is 49.6 Å². The molecule has 0 bridgehead atoms. The van der Waals surface area contributed by atoms with Crippen LogP contribution in [0.3, 0.4) is 0 Å². The molecule has 0 saturated heterocycles. The van der Waals surface area contributed by atoms with Gasteiger partial charge < -0.3 is 25.2 Å². The minimum absolute atomic E-state index is 0.0171. The van der Waals surface area contributed by atoms with Crippen LogP contribution in [0.2, 0.25) is 0 Å². The fourth-order valence-corrected chi connectivity index (χ4v) is 3.22. The summed E-state index contributed by atoms with van der Waals surface area (Å²) in [7, 11) is 0. The number of benzene rings is 1. The number of hydrogen-bond acceptors (Lipinski definition) is 6. The minimum Gasteiger partial charge on any atom is -0.491 e. The molecule has 3 N–H and O–H groups in total. The number of aliphatic carboxylic acids is 2. The number of aryl methyl sites for hydroxylation is 1. The number of hydrogen-bond donors (Lipinski definition) is 3. The first-order valence-corrected chi connectivity index (χ1v) is 10.5. The number of amides is 1. The highest BCUT2D eigenvalue weighted by molar-refractivity contribution is 6.27. The van der Waals surface area contributed by atoms with E-state index < -0.39 is 11.9 Å². The lowest BCUT2D eigenvalue weighted by molar-refractivity contribution is -0.159. The monoisotopic (exact) mass is 443 g/mol. The Labute approximate surface area is 187 Å². The molecule has 0 fully saturated rings. The van der Waals surface area contributed by atoms with Crippen molar-refractivity contribution in [3.05, 3.63) is 53.9 Å². The van der Waals surface area contributed by atoms with E-state index in [1.807, 2.05) is 23.1 Å². The van der Waals surface area contributed by atoms with Crippen LogP contribution in [0.25, 0.3) is 0 Å². The predicted octanol–water partition coefficient (Wildman–Crippen LogP) is 2.60. The standard InChI is InChI=1S/C21H27N3O2.C2H2O4/c1-16(2)23-12-6-14-26-19-10-3-7-17-9-5-13-24(20(17)19)21(25)18-8-4-11-22-15-18;3-1(4)2(5)6/h3-4,7-8,10-11,15-16,23H,5-6,9,12-14H2,1-2H3;(H,3,4)(H,5,6). The minimum atomic E-state index is -1.82. The van der Waals surface area contributed by atoms with Gasteiger partial charge in [-0.15, -0.1) is 0 Å². The molecule has 2 heterocycles. The molecule has 9 heteroatoms. The van der Waals surface area contributed by atoms with Crippen LogP contribution in [0.15, 0.2) is 42.7 Å². The number of carbonyl (C=O) groups excluding carboxylic acids is 1. The van der Waals surface area contributed by atoms with Crippen molar-refractivity contribution in [1.82, 2.24) is 10.3 Å². The second-order valence-electron chi connectivity index (χ2n) is 7.49. The maximum atomic E-state index is 13.0. The van der Waals surface area contributed by atoms with Crippen LogP contribution in [0.1, 0.15) is 42.6 Å². The smallest absolute Gasteiger partial charge is 0.414 e. The molecule has 0 radical (unpaired) electrons. The van der Waals surface area contributed by atoms with Gasteiger partial charge in [0.15, 0.2) is 0 Å². The van der Waals surface area contributed by atoms with E-state index >= 15 is 0 Å². The van der Waals surface area contributed by atoms with E-state index in [1.165, 1.54) is 5.56 Å². The van der Waals surface area contributed by atoms with Crippen molar-refractivity contribution in [1.29, 1.82) is 0 Å². The maximum Gasteiger partial charge on any atom is 0.414 e. The number of fused-ring (bicyclic) bond motifs is 1. The van der Waals surface area contributed by atoms with E-state index in [2.05, 4.69) is 30.2 Å². The largest absolute Gasteiger partial charge is 0.491 e. The number of ether oxygens (including phenoxy) is 1. The summed E-state index contributed by atoms with van der Waals surface area (Å²) in [5.74, 6) is -2.87. The van der Waals surface area contributed by atoms with Crippen molar-refractivity contribution in [2.24, 2.45) is 0 Å². The first-order valence-electron chi connectivity index (χ1n) is 10.5. The Balaban J connectivity index is 0.000000534. The Hall–Kier alpha value is -3.46. The third kappa shape index (κ3) is 7.35. The number of pyridine rings is 1. The van der Waals surface area contributed by atoms with E-state index in [0.717, 1.165) is 37.2 Å². The highest BCUT2D eigenvalue weighted by Gasteiger charge is 2.27. The van der Waals surface area contributed by atoms with Crippen LogP contribution in [0, 0.1) is 0 Å². The van der Waals surface area contributed by atoms with Crippen molar-refractivity contribution < 1.29 is 29.3 Å². The summed E-state index contributed by atoms with van der Waals surface area (Å²) >= 11 is 0. The molecule has 1 amide bonds. The predicted molar refractivity (Wildman–Crippen MR) is 119 cm³/mol. The Morgan fingerprint density at radius 1 is 1.16 bits per heavy atom. The van der Waals surface area contributed by atoms with Crippen LogP contribution in [-0.2, 0) is 16.0 Å². The Bertz CT molecular complexity index is 905. The molecular weight excluding hydrogens is 414 g/mol. The van der Waals surface area contributed by atoms with Gasteiger partial charge in [-0.2, -0.15) is 0 Å². The first kappa shape index (κ1) is 24.8. The van der Waals surface area contributed by atoms with Gasteiger partial charge in [0.1, 0.15) is 5.75 Å². The van der Waals surface area contributed by atoms with Gasteiger partial charge in [0.05, 0.1) is 17.9 Å². The number of anilines is 1. The van der Waals surface area contributed by atoms with E-state index in [-0.39, 0.29) is 5.91 Å². The Morgan fingerprint density at radius 3 is 2.53 bits per heavy atom. The lowest BCUT2D eigenvalue weighted by Gasteiger charge is -2.31. The van der Waals surface area contributed by atoms with Crippen LogP contribution in [-0.4, -0.2) is 58.8 Å². The molecule has 0 saturated carbocycles. The van der Waals surface area contributed by atoms with E-state index in [4.69, 9.17) is 24.5 Å². The molecule has 9 nitrogen and oxygen atoms in total. The van der Waals surface area contributed by atoms with Gasteiger partial charge in [0.25, 0.3) is 5.91 Å². The summed E-state index contributed by atoms with van der Waals surface area (Å²) in [6.45, 7) is 6.53. The number of para-hydroxylation sites is 1. The van der Waals surface area contributed by atoms with Crippen LogP contribution in [0.5, 0.6) is 5.75 Å². The summed E-state index contributed by atoms with van der Waals surface area (Å²) in [5.41, 5.74) is 2.70. The second-order valence-corrected chi connectivity index (χ2v) is 7.49. The highest BCUT2D eigenvalue weighted by atomic mass is 16.5. The van der Waals surface area contributed by atoms with Gasteiger partial charge in [-0.25, -0.2) is 9.59 Å². The highest BCUT2D eigenvalue weighted by Crippen LogP contribution is 2.37. The van der Waals surface area contributed by atoms with Gasteiger partial charge >= 0.3 is 11.9 Å². The number of carbonyl (C=O) groups is 3. The molecule has 32 heavy (non-hydrogen) atoms. The van der Waals surface area contributed by atoms with Crippen LogP contribution >= 0.6 is 0 Å². The Morgan fingerprint density at radius 2 is 1.91 bits per heavy atom. The summed E-state index contributed by atoms with van der Waals surface area (Å²) in [6, 6.07) is 10.1. The van der Waals surface area contributed by atoms with Crippen molar-refractivity contribution in [3.8, 4) is 5.75 Å². The van der Waals surface area contributed by atoms with Gasteiger partial charge in [-0.1, -0.05) is 26.0 Å². The molecular formula is C23H29N3O6. The van der Waals surface area contributed by atoms with Crippen LogP contribution in [0.4, 0.5) is 5.69 Å². The van der Waals surface area contributed by atoms with Gasteiger partial charge in [-0.3, -0.25) is 9.78 Å². The van der Waals surface area contributed by atoms with Crippen molar-refractivity contribution in [2.75, 3.05) is 24.6 Å². The molecule has 2 aromatic rings. The molecule has 1 aromatic carbocycles. The molecule has 0 unspecified atom stereocenters. The second kappa shape index (κ2) is 12.4. The zero-order valence-corrected chi connectivity index (χ0v) is 18.3. The molecule has 1 aromatic heterocycles. The number of nitrogens with zero attached hydrogens (tertiary/aromatic N) is 2. The zero-order chi connectivity index (χ0) is 23.5. The van der Waals surface area contributed by atoms with Gasteiger partial charge in [0.2, 0.25) is 0 Å². The lowest BCUT2D eigenvalue weighted by atomic mass is 10.00. The third-order valence-electron chi connectivity index (χ3n) is 4.65. The summed E-state index contributed by atoms with van der Waals surface area (Å²) in [5, 5.41) is 18.2. The molecule has 0 spiro atoms. The normalized spacial score (nSPS) is 12.4. The topological polar surface area (TPSA) is 129 Å². The lowest BCUT2D eigenvalue weighted by Crippen LogP contribution is -2.36. The van der Waals surface area contributed by atoms with Crippen molar-refractivity contribution >= 4 is 23.5 Å². The maximum absolute atomic E-state index is 13.0. The summed E-state index contributed by atoms with van der Waals surface area (Å²) in [6.07, 6.45) is 6.16. The van der Waals surface area contributed by atoms with Gasteiger partial charge in [0, 0.05) is 25.0 Å². The quantitative estimate of drug-likeness (QED) is 0.440. The average molecular weight is 444 g/mol. The van der Waals surface area contributed by atoms with Crippen molar-refractivity contribution in [2.45, 2.75) is 39.2 Å². The summed E-state index contributed by atoms with van der Waals surface area (Å²) < 4.78 is 6.05. The summed E-state index contributed by atoms with van der Waals surface area (Å²) in [4.78, 5) is 37.1. The zero-order valence-electron chi connectivity index (χ0n) is 18.3. The number of aromatic nitrogens is 1. The third-order valence-corrected chi connectivity index (χ3v) is 4.65. The number of carboxylic acids is 2. The fraction of sp³-hybridized carbons (Fsp3) is 0.391. The number of nitrogens with one attached hydrogen (secondary N) is 1. The van der Waals surface area contributed by atoms with Crippen molar-refractivity contribution in [3.63, 3.8) is 0 Å². The van der Waals surface area contributed by atoms with E-state index in [1.54, 1.807) is 18.5 Å².